The first-order chi connectivity index (χ1) is 9.43. The van der Waals surface area contributed by atoms with Crippen LogP contribution in [0.25, 0.3) is 0 Å². The lowest BCUT2D eigenvalue weighted by molar-refractivity contribution is -0.136. The zero-order valence-corrected chi connectivity index (χ0v) is 10.8. The van der Waals surface area contributed by atoms with Crippen molar-refractivity contribution < 1.29 is 29.3 Å². The number of ether oxygens (including phenoxy) is 1. The zero-order valence-electron chi connectivity index (χ0n) is 10.8. The van der Waals surface area contributed by atoms with Crippen LogP contribution in [0.5, 0.6) is 0 Å². The molecule has 0 amide bonds. The average Bonchev–Trinajstić information content (AvgIpc) is 2.43. The third kappa shape index (κ3) is 4.24. The van der Waals surface area contributed by atoms with E-state index in [0.717, 1.165) is 0 Å². The SMILES string of the molecule is C/C(C(=O)O)=C(\CCOC(=O)c1ccccc1)C(=O)O. The minimum absolute atomic E-state index is 0.161. The Morgan fingerprint density at radius 2 is 1.65 bits per heavy atom. The highest BCUT2D eigenvalue weighted by atomic mass is 16.5. The van der Waals surface area contributed by atoms with E-state index in [1.54, 1.807) is 30.3 Å². The third-order valence-electron chi connectivity index (χ3n) is 2.63. The van der Waals surface area contributed by atoms with Crippen molar-refractivity contribution in [3.63, 3.8) is 0 Å². The molecule has 0 aliphatic carbocycles. The highest BCUT2D eigenvalue weighted by Crippen LogP contribution is 2.11. The summed E-state index contributed by atoms with van der Waals surface area (Å²) in [6, 6.07) is 8.23. The van der Waals surface area contributed by atoms with Gasteiger partial charge in [0.05, 0.1) is 17.7 Å². The molecule has 0 unspecified atom stereocenters. The molecule has 6 heteroatoms. The average molecular weight is 278 g/mol. The Kier molecular flexibility index (Phi) is 5.46. The number of carbonyl (C=O) groups excluding carboxylic acids is 1. The second-order valence-corrected chi connectivity index (χ2v) is 3.97. The molecule has 0 aliphatic rings. The van der Waals surface area contributed by atoms with Gasteiger partial charge in [0.25, 0.3) is 0 Å². The van der Waals surface area contributed by atoms with Crippen LogP contribution < -0.4 is 0 Å². The van der Waals surface area contributed by atoms with Crippen molar-refractivity contribution in [1.29, 1.82) is 0 Å². The molecule has 0 saturated heterocycles. The van der Waals surface area contributed by atoms with Crippen LogP contribution in [-0.2, 0) is 14.3 Å². The largest absolute Gasteiger partial charge is 0.478 e. The highest BCUT2D eigenvalue weighted by Gasteiger charge is 2.17. The summed E-state index contributed by atoms with van der Waals surface area (Å²) in [4.78, 5) is 33.3. The number of hydrogen-bond donors (Lipinski definition) is 2. The Hall–Kier alpha value is -2.63. The van der Waals surface area contributed by atoms with E-state index in [-0.39, 0.29) is 24.2 Å². The molecule has 0 aromatic heterocycles. The molecule has 20 heavy (non-hydrogen) atoms. The molecule has 0 radical (unpaired) electrons. The van der Waals surface area contributed by atoms with Gasteiger partial charge in [0.15, 0.2) is 0 Å². The van der Waals surface area contributed by atoms with Crippen LogP contribution in [-0.4, -0.2) is 34.7 Å². The third-order valence-corrected chi connectivity index (χ3v) is 2.63. The molecule has 2 N–H and O–H groups in total. The molecule has 0 saturated carbocycles. The van der Waals surface area contributed by atoms with Crippen LogP contribution in [0.15, 0.2) is 41.5 Å². The number of carboxylic acid groups (broad SMARTS) is 2. The van der Waals surface area contributed by atoms with Crippen LogP contribution in [0.1, 0.15) is 23.7 Å². The monoisotopic (exact) mass is 278 g/mol. The lowest BCUT2D eigenvalue weighted by Gasteiger charge is -2.07. The van der Waals surface area contributed by atoms with Crippen LogP contribution in [0, 0.1) is 0 Å². The maximum atomic E-state index is 11.6. The van der Waals surface area contributed by atoms with Gasteiger partial charge in [0, 0.05) is 12.0 Å². The summed E-state index contributed by atoms with van der Waals surface area (Å²) in [6.45, 7) is 1.00. The fourth-order valence-electron chi connectivity index (χ4n) is 1.49. The van der Waals surface area contributed by atoms with E-state index in [2.05, 4.69) is 0 Å². The molecule has 0 bridgehead atoms. The van der Waals surface area contributed by atoms with Gasteiger partial charge < -0.3 is 14.9 Å². The van der Waals surface area contributed by atoms with Crippen LogP contribution in [0.4, 0.5) is 0 Å². The van der Waals surface area contributed by atoms with Crippen molar-refractivity contribution in [2.24, 2.45) is 0 Å². The summed E-state index contributed by atoms with van der Waals surface area (Å²) < 4.78 is 4.91. The van der Waals surface area contributed by atoms with Crippen molar-refractivity contribution in [3.05, 3.63) is 47.0 Å². The van der Waals surface area contributed by atoms with Crippen molar-refractivity contribution in [2.45, 2.75) is 13.3 Å². The maximum Gasteiger partial charge on any atom is 0.338 e. The van der Waals surface area contributed by atoms with Crippen LogP contribution >= 0.6 is 0 Å². The summed E-state index contributed by atoms with van der Waals surface area (Å²) in [7, 11) is 0. The second kappa shape index (κ2) is 7.08. The predicted octanol–water partition coefficient (Wildman–Crippen LogP) is 1.72. The van der Waals surface area contributed by atoms with Crippen molar-refractivity contribution in [2.75, 3.05) is 6.61 Å². The Labute approximate surface area is 115 Å². The molecule has 1 aromatic rings. The van der Waals surface area contributed by atoms with Gasteiger partial charge >= 0.3 is 17.9 Å². The standard InChI is InChI=1S/C14H14O6/c1-9(12(15)16)11(13(17)18)7-8-20-14(19)10-5-3-2-4-6-10/h2-6H,7-8H2,1H3,(H,15,16)(H,17,18)/b11-9-. The number of esters is 1. The molecule has 0 aliphatic heterocycles. The number of benzene rings is 1. The lowest BCUT2D eigenvalue weighted by Crippen LogP contribution is -2.13. The molecular weight excluding hydrogens is 264 g/mol. The summed E-state index contributed by atoms with van der Waals surface area (Å²) in [5.41, 5.74) is -0.199. The van der Waals surface area contributed by atoms with Gasteiger partial charge in [-0.3, -0.25) is 0 Å². The molecule has 1 aromatic carbocycles. The maximum absolute atomic E-state index is 11.6. The molecule has 1 rings (SSSR count). The van der Waals surface area contributed by atoms with Gasteiger partial charge in [-0.1, -0.05) is 18.2 Å². The molecule has 0 spiro atoms. The molecule has 0 fully saturated rings. The first-order valence-corrected chi connectivity index (χ1v) is 5.82. The quantitative estimate of drug-likeness (QED) is 0.607. The normalized spacial score (nSPS) is 11.4. The number of hydrogen-bond acceptors (Lipinski definition) is 4. The molecule has 106 valence electrons. The smallest absolute Gasteiger partial charge is 0.338 e. The van der Waals surface area contributed by atoms with Crippen LogP contribution in [0.3, 0.4) is 0 Å². The first-order valence-electron chi connectivity index (χ1n) is 5.82. The Morgan fingerprint density at radius 3 is 2.15 bits per heavy atom. The fourth-order valence-corrected chi connectivity index (χ4v) is 1.49. The predicted molar refractivity (Wildman–Crippen MR) is 69.3 cm³/mol. The topological polar surface area (TPSA) is 101 Å². The fraction of sp³-hybridized carbons (Fsp3) is 0.214. The van der Waals surface area contributed by atoms with Gasteiger partial charge in [-0.2, -0.15) is 0 Å². The van der Waals surface area contributed by atoms with Gasteiger partial charge in [-0.15, -0.1) is 0 Å². The molecule has 6 nitrogen and oxygen atoms in total. The van der Waals surface area contributed by atoms with E-state index >= 15 is 0 Å². The van der Waals surface area contributed by atoms with Crippen LogP contribution in [0.2, 0.25) is 0 Å². The number of carbonyl (C=O) groups is 3. The number of carboxylic acids is 2. The van der Waals surface area contributed by atoms with Crippen molar-refractivity contribution >= 4 is 17.9 Å². The minimum atomic E-state index is -1.33. The van der Waals surface area contributed by atoms with Gasteiger partial charge in [0.2, 0.25) is 0 Å². The highest BCUT2D eigenvalue weighted by molar-refractivity contribution is 5.98. The van der Waals surface area contributed by atoms with Gasteiger partial charge in [-0.05, 0) is 19.1 Å². The lowest BCUT2D eigenvalue weighted by atomic mass is 10.1. The zero-order chi connectivity index (χ0) is 15.1. The number of rotatable bonds is 6. The number of aliphatic carboxylic acids is 2. The molecule has 0 heterocycles. The second-order valence-electron chi connectivity index (χ2n) is 3.97. The molecular formula is C14H14O6. The molecule has 0 atom stereocenters. The van der Waals surface area contributed by atoms with E-state index in [1.165, 1.54) is 6.92 Å². The Balaban J connectivity index is 2.63. The van der Waals surface area contributed by atoms with E-state index in [0.29, 0.717) is 5.56 Å². The van der Waals surface area contributed by atoms with E-state index in [4.69, 9.17) is 14.9 Å². The van der Waals surface area contributed by atoms with E-state index < -0.39 is 17.9 Å². The van der Waals surface area contributed by atoms with Crippen molar-refractivity contribution in [1.82, 2.24) is 0 Å². The van der Waals surface area contributed by atoms with E-state index in [1.807, 2.05) is 0 Å². The minimum Gasteiger partial charge on any atom is -0.478 e. The first kappa shape index (κ1) is 15.4. The summed E-state index contributed by atoms with van der Waals surface area (Å²) in [6.07, 6.45) is -0.161. The van der Waals surface area contributed by atoms with Crippen molar-refractivity contribution in [3.8, 4) is 0 Å². The summed E-state index contributed by atoms with van der Waals surface area (Å²) in [5, 5.41) is 17.7. The summed E-state index contributed by atoms with van der Waals surface area (Å²) >= 11 is 0. The van der Waals surface area contributed by atoms with Gasteiger partial charge in [-0.25, -0.2) is 14.4 Å². The van der Waals surface area contributed by atoms with Gasteiger partial charge in [0.1, 0.15) is 0 Å². The van der Waals surface area contributed by atoms with E-state index in [9.17, 15) is 14.4 Å². The Bertz CT molecular complexity index is 544. The summed E-state index contributed by atoms with van der Waals surface area (Å²) in [5.74, 6) is -3.22. The Morgan fingerprint density at radius 1 is 1.05 bits per heavy atom.